The molecule has 0 spiro atoms. The highest BCUT2D eigenvalue weighted by atomic mass is 35.5. The van der Waals surface area contributed by atoms with E-state index in [9.17, 15) is 0 Å². The minimum atomic E-state index is 0.454. The fourth-order valence-electron chi connectivity index (χ4n) is 5.06. The second-order valence-corrected chi connectivity index (χ2v) is 9.39. The van der Waals surface area contributed by atoms with Crippen molar-refractivity contribution in [2.75, 3.05) is 62.7 Å². The average molecular weight is 477 g/mol. The Labute approximate surface area is 204 Å². The molecule has 2 aliphatic heterocycles. The van der Waals surface area contributed by atoms with Gasteiger partial charge in [0.1, 0.15) is 11.0 Å². The lowest BCUT2D eigenvalue weighted by Gasteiger charge is -2.28. The number of aromatic nitrogens is 3. The average Bonchev–Trinajstić information content (AvgIpc) is 3.54. The molecule has 2 aromatic heterocycles. The molecule has 2 aliphatic rings. The van der Waals surface area contributed by atoms with E-state index in [0.29, 0.717) is 5.15 Å². The van der Waals surface area contributed by atoms with Crippen LogP contribution in [0, 0.1) is 0 Å². The molecule has 8 heteroatoms. The summed E-state index contributed by atoms with van der Waals surface area (Å²) in [7, 11) is 0. The summed E-state index contributed by atoms with van der Waals surface area (Å²) in [5.74, 6) is 0.737. The van der Waals surface area contributed by atoms with Crippen LogP contribution < -0.4 is 10.2 Å². The highest BCUT2D eigenvalue weighted by Crippen LogP contribution is 2.38. The van der Waals surface area contributed by atoms with Crippen LogP contribution in [0.15, 0.2) is 42.5 Å². The largest absolute Gasteiger partial charge is 0.383 e. The van der Waals surface area contributed by atoms with Gasteiger partial charge in [0.15, 0.2) is 0 Å². The lowest BCUT2D eigenvalue weighted by Crippen LogP contribution is -2.36. The van der Waals surface area contributed by atoms with Crippen molar-refractivity contribution >= 4 is 44.9 Å². The number of nitrogens with zero attached hydrogens (tertiary/aromatic N) is 4. The summed E-state index contributed by atoms with van der Waals surface area (Å²) in [6, 6.07) is 14.5. The third-order valence-electron chi connectivity index (χ3n) is 6.86. The molecule has 0 bridgehead atoms. The molecule has 2 aromatic carbocycles. The molecule has 6 rings (SSSR count). The van der Waals surface area contributed by atoms with Gasteiger partial charge in [0.2, 0.25) is 0 Å². The van der Waals surface area contributed by atoms with E-state index >= 15 is 0 Å². The third kappa shape index (κ3) is 4.19. The predicted octanol–water partition coefficient (Wildman–Crippen LogP) is 4.78. The van der Waals surface area contributed by atoms with Crippen LogP contribution in [-0.2, 0) is 4.74 Å². The monoisotopic (exact) mass is 476 g/mol. The van der Waals surface area contributed by atoms with Gasteiger partial charge in [-0.05, 0) is 50.2 Å². The fraction of sp³-hybridized carbons (Fsp3) is 0.385. The summed E-state index contributed by atoms with van der Waals surface area (Å²) in [5, 5.41) is 5.19. The summed E-state index contributed by atoms with van der Waals surface area (Å²) >= 11 is 6.79. The molecule has 176 valence electrons. The number of para-hydroxylation sites is 1. The van der Waals surface area contributed by atoms with Crippen molar-refractivity contribution in [2.45, 2.75) is 12.8 Å². The minimum Gasteiger partial charge on any atom is -0.383 e. The van der Waals surface area contributed by atoms with E-state index in [2.05, 4.69) is 44.4 Å². The van der Waals surface area contributed by atoms with Gasteiger partial charge in [0, 0.05) is 37.3 Å². The van der Waals surface area contributed by atoms with Crippen molar-refractivity contribution in [3.63, 3.8) is 0 Å². The normalized spacial score (nSPS) is 17.1. The lowest BCUT2D eigenvalue weighted by molar-refractivity contribution is 0.122. The molecule has 0 radical (unpaired) electrons. The van der Waals surface area contributed by atoms with Crippen molar-refractivity contribution in [3.05, 3.63) is 47.6 Å². The van der Waals surface area contributed by atoms with Crippen molar-refractivity contribution in [1.82, 2.24) is 19.9 Å². The number of likely N-dealkylation sites (tertiary alicyclic amines) is 1. The molecule has 0 atom stereocenters. The molecule has 0 unspecified atom stereocenters. The molecule has 2 saturated heterocycles. The maximum absolute atomic E-state index is 6.79. The lowest BCUT2D eigenvalue weighted by atomic mass is 10.1. The van der Waals surface area contributed by atoms with Crippen LogP contribution >= 0.6 is 11.6 Å². The minimum absolute atomic E-state index is 0.454. The first kappa shape index (κ1) is 21.6. The maximum atomic E-state index is 6.79. The second-order valence-electron chi connectivity index (χ2n) is 9.03. The number of benzene rings is 2. The zero-order chi connectivity index (χ0) is 22.9. The van der Waals surface area contributed by atoms with Gasteiger partial charge in [-0.25, -0.2) is 9.97 Å². The van der Waals surface area contributed by atoms with E-state index in [4.69, 9.17) is 26.3 Å². The quantitative estimate of drug-likeness (QED) is 0.390. The Bertz CT molecular complexity index is 1310. The fourth-order valence-corrected chi connectivity index (χ4v) is 5.34. The molecule has 4 heterocycles. The van der Waals surface area contributed by atoms with E-state index in [1.54, 1.807) is 0 Å². The van der Waals surface area contributed by atoms with Crippen molar-refractivity contribution < 1.29 is 4.74 Å². The molecular weight excluding hydrogens is 448 g/mol. The zero-order valence-electron chi connectivity index (χ0n) is 19.2. The smallest absolute Gasteiger partial charge is 0.143 e. The van der Waals surface area contributed by atoms with E-state index in [1.807, 2.05) is 18.2 Å². The van der Waals surface area contributed by atoms with Gasteiger partial charge in [0.05, 0.1) is 41.0 Å². The third-order valence-corrected chi connectivity index (χ3v) is 7.13. The van der Waals surface area contributed by atoms with Crippen LogP contribution in [0.2, 0.25) is 5.15 Å². The van der Waals surface area contributed by atoms with Crippen molar-refractivity contribution in [3.8, 4) is 11.4 Å². The Hall–Kier alpha value is -2.87. The van der Waals surface area contributed by atoms with E-state index in [1.165, 1.54) is 31.6 Å². The van der Waals surface area contributed by atoms with Gasteiger partial charge < -0.3 is 24.8 Å². The molecular formula is C26H29ClN6O. The SMILES string of the molecule is Clc1nc2ccccc2c(NCCN2CCCC2)c1-c1nc2ccc(N3CCOCC3)cc2[nH]1. The number of anilines is 2. The molecule has 2 fully saturated rings. The number of hydrogen-bond acceptors (Lipinski definition) is 6. The maximum Gasteiger partial charge on any atom is 0.143 e. The number of hydrogen-bond donors (Lipinski definition) is 2. The highest BCUT2D eigenvalue weighted by Gasteiger charge is 2.20. The number of H-pyrrole nitrogens is 1. The van der Waals surface area contributed by atoms with Gasteiger partial charge in [-0.15, -0.1) is 0 Å². The molecule has 7 nitrogen and oxygen atoms in total. The first-order valence-electron chi connectivity index (χ1n) is 12.1. The van der Waals surface area contributed by atoms with E-state index in [-0.39, 0.29) is 0 Å². The zero-order valence-corrected chi connectivity index (χ0v) is 19.9. The molecule has 0 aliphatic carbocycles. The Morgan fingerprint density at radius 2 is 1.79 bits per heavy atom. The molecule has 4 aromatic rings. The summed E-state index contributed by atoms with van der Waals surface area (Å²) < 4.78 is 5.50. The highest BCUT2D eigenvalue weighted by molar-refractivity contribution is 6.33. The number of imidazole rings is 1. The van der Waals surface area contributed by atoms with Crippen molar-refractivity contribution in [1.29, 1.82) is 0 Å². The number of nitrogens with one attached hydrogen (secondary N) is 2. The number of fused-ring (bicyclic) bond motifs is 2. The van der Waals surface area contributed by atoms with Crippen LogP contribution in [0.1, 0.15) is 12.8 Å². The van der Waals surface area contributed by atoms with Crippen LogP contribution in [-0.4, -0.2) is 72.3 Å². The standard InChI is InChI=1S/C26H29ClN6O/c27-25-23(26-30-21-8-7-18(17-22(21)31-26)33-13-15-34-16-14-33)24(19-5-1-2-6-20(19)29-25)28-9-12-32-10-3-4-11-32/h1-2,5-8,17H,3-4,9-16H2,(H,28,29)(H,30,31). The van der Waals surface area contributed by atoms with E-state index in [0.717, 1.165) is 78.4 Å². The molecule has 0 amide bonds. The summed E-state index contributed by atoms with van der Waals surface area (Å²) in [6.45, 7) is 7.54. The van der Waals surface area contributed by atoms with Gasteiger partial charge >= 0.3 is 0 Å². The Morgan fingerprint density at radius 3 is 2.65 bits per heavy atom. The molecule has 0 saturated carbocycles. The van der Waals surface area contributed by atoms with Gasteiger partial charge in [0.25, 0.3) is 0 Å². The number of ether oxygens (including phenoxy) is 1. The molecule has 2 N–H and O–H groups in total. The first-order valence-corrected chi connectivity index (χ1v) is 12.5. The van der Waals surface area contributed by atoms with Crippen LogP contribution in [0.5, 0.6) is 0 Å². The Balaban J connectivity index is 1.38. The second kappa shape index (κ2) is 9.41. The van der Waals surface area contributed by atoms with Crippen molar-refractivity contribution in [2.24, 2.45) is 0 Å². The van der Waals surface area contributed by atoms with Gasteiger partial charge in [-0.1, -0.05) is 29.8 Å². The summed E-state index contributed by atoms with van der Waals surface area (Å²) in [6.07, 6.45) is 2.58. The number of aromatic amines is 1. The Kier molecular flexibility index (Phi) is 5.99. The van der Waals surface area contributed by atoms with E-state index < -0.39 is 0 Å². The van der Waals surface area contributed by atoms with Gasteiger partial charge in [-0.3, -0.25) is 0 Å². The van der Waals surface area contributed by atoms with Crippen LogP contribution in [0.3, 0.4) is 0 Å². The Morgan fingerprint density at radius 1 is 0.971 bits per heavy atom. The van der Waals surface area contributed by atoms with Gasteiger partial charge in [-0.2, -0.15) is 0 Å². The molecule has 34 heavy (non-hydrogen) atoms. The summed E-state index contributed by atoms with van der Waals surface area (Å²) in [5.41, 5.74) is 5.78. The number of rotatable bonds is 6. The topological polar surface area (TPSA) is 69.3 Å². The number of pyridine rings is 1. The van der Waals surface area contributed by atoms with Crippen LogP contribution in [0.25, 0.3) is 33.3 Å². The predicted molar refractivity (Wildman–Crippen MR) is 139 cm³/mol. The summed E-state index contributed by atoms with van der Waals surface area (Å²) in [4.78, 5) is 18.0. The number of morpholine rings is 1. The van der Waals surface area contributed by atoms with Crippen LogP contribution in [0.4, 0.5) is 11.4 Å². The number of halogens is 1. The first-order chi connectivity index (χ1) is 16.8.